The van der Waals surface area contributed by atoms with Crippen LogP contribution in [0.1, 0.15) is 43.2 Å². The van der Waals surface area contributed by atoms with E-state index in [4.69, 9.17) is 16.2 Å². The minimum atomic E-state index is -1.41. The summed E-state index contributed by atoms with van der Waals surface area (Å²) in [6, 6.07) is 16.5. The summed E-state index contributed by atoms with van der Waals surface area (Å²) in [6.07, 6.45) is 2.17. The van der Waals surface area contributed by atoms with Gasteiger partial charge in [0.2, 0.25) is 0 Å². The molecule has 4 nitrogen and oxygen atoms in total. The summed E-state index contributed by atoms with van der Waals surface area (Å²) < 4.78 is 5.51. The van der Waals surface area contributed by atoms with Gasteiger partial charge in [0.25, 0.3) is 0 Å². The number of hydrogen-bond donors (Lipinski definition) is 2. The fourth-order valence-corrected chi connectivity index (χ4v) is 3.30. The number of nitrogens with two attached hydrogens (primary N) is 2. The van der Waals surface area contributed by atoms with Crippen LogP contribution in [0.25, 0.3) is 11.1 Å². The van der Waals surface area contributed by atoms with E-state index in [2.05, 4.69) is 24.3 Å². The number of carbonyl (C=O) groups is 1. The summed E-state index contributed by atoms with van der Waals surface area (Å²) >= 11 is 0. The van der Waals surface area contributed by atoms with Gasteiger partial charge >= 0.3 is 5.97 Å². The summed E-state index contributed by atoms with van der Waals surface area (Å²) in [4.78, 5) is 12.3. The summed E-state index contributed by atoms with van der Waals surface area (Å²) in [5, 5.41) is 0. The molecule has 134 valence electrons. The zero-order valence-electron chi connectivity index (χ0n) is 14.4. The third-order valence-electron chi connectivity index (χ3n) is 4.67. The predicted octanol–water partition coefficient (Wildman–Crippen LogP) is 3.57. The first-order valence-corrected chi connectivity index (χ1v) is 8.48. The van der Waals surface area contributed by atoms with Crippen molar-refractivity contribution in [1.29, 1.82) is 0 Å². The standard InChI is InChI=1S/C20H24N2O2.ClH/c1-2-3-12-20(21,22)19(23)24-13-18-16-10-6-4-8-14(16)15-9-5-7-11-17(15)18;/h4-11,18H,2-3,12-13,21-22H2,1H3;1H. The first kappa shape index (κ1) is 19.4. The van der Waals surface area contributed by atoms with Crippen LogP contribution in [0.15, 0.2) is 48.5 Å². The Morgan fingerprint density at radius 3 is 2.08 bits per heavy atom. The van der Waals surface area contributed by atoms with Crippen LogP contribution in [0.3, 0.4) is 0 Å². The number of ether oxygens (including phenoxy) is 1. The topological polar surface area (TPSA) is 78.3 Å². The van der Waals surface area contributed by atoms with E-state index in [1.54, 1.807) is 0 Å². The molecule has 5 heteroatoms. The molecule has 0 amide bonds. The SMILES string of the molecule is CCCCC(N)(N)C(=O)OCC1c2ccccc2-c2ccccc21.Cl. The van der Waals surface area contributed by atoms with Crippen molar-refractivity contribution >= 4 is 18.4 Å². The summed E-state index contributed by atoms with van der Waals surface area (Å²) in [7, 11) is 0. The van der Waals surface area contributed by atoms with E-state index in [9.17, 15) is 4.79 Å². The van der Waals surface area contributed by atoms with Crippen molar-refractivity contribution in [2.45, 2.75) is 37.8 Å². The molecule has 0 heterocycles. The van der Waals surface area contributed by atoms with Gasteiger partial charge in [0.15, 0.2) is 5.66 Å². The van der Waals surface area contributed by atoms with Crippen LogP contribution in [-0.2, 0) is 9.53 Å². The number of esters is 1. The number of hydrogen-bond acceptors (Lipinski definition) is 4. The first-order valence-electron chi connectivity index (χ1n) is 8.48. The van der Waals surface area contributed by atoms with Crippen molar-refractivity contribution in [3.8, 4) is 11.1 Å². The lowest BCUT2D eigenvalue weighted by molar-refractivity contribution is -0.150. The monoisotopic (exact) mass is 360 g/mol. The van der Waals surface area contributed by atoms with Gasteiger partial charge in [-0.1, -0.05) is 61.9 Å². The Morgan fingerprint density at radius 1 is 1.04 bits per heavy atom. The van der Waals surface area contributed by atoms with Crippen molar-refractivity contribution in [2.24, 2.45) is 11.5 Å². The van der Waals surface area contributed by atoms with Crippen molar-refractivity contribution < 1.29 is 9.53 Å². The molecule has 25 heavy (non-hydrogen) atoms. The molecule has 0 saturated heterocycles. The minimum absolute atomic E-state index is 0. The van der Waals surface area contributed by atoms with Gasteiger partial charge in [0.1, 0.15) is 6.61 Å². The molecule has 0 fully saturated rings. The molecular weight excluding hydrogens is 336 g/mol. The maximum atomic E-state index is 12.3. The minimum Gasteiger partial charge on any atom is -0.462 e. The van der Waals surface area contributed by atoms with Gasteiger partial charge in [-0.3, -0.25) is 0 Å². The van der Waals surface area contributed by atoms with Crippen LogP contribution in [0, 0.1) is 0 Å². The van der Waals surface area contributed by atoms with Crippen LogP contribution >= 0.6 is 12.4 Å². The van der Waals surface area contributed by atoms with Crippen molar-refractivity contribution in [2.75, 3.05) is 6.61 Å². The molecule has 1 aliphatic carbocycles. The normalized spacial score (nSPS) is 12.9. The highest BCUT2D eigenvalue weighted by atomic mass is 35.5. The third-order valence-corrected chi connectivity index (χ3v) is 4.67. The van der Waals surface area contributed by atoms with E-state index >= 15 is 0 Å². The average molecular weight is 361 g/mol. The maximum absolute atomic E-state index is 12.3. The molecule has 0 saturated carbocycles. The molecule has 3 rings (SSSR count). The molecule has 2 aromatic carbocycles. The molecule has 0 atom stereocenters. The lowest BCUT2D eigenvalue weighted by Crippen LogP contribution is -2.57. The number of halogens is 1. The second-order valence-corrected chi connectivity index (χ2v) is 6.47. The highest BCUT2D eigenvalue weighted by Crippen LogP contribution is 2.44. The van der Waals surface area contributed by atoms with Gasteiger partial charge in [0, 0.05) is 5.92 Å². The van der Waals surface area contributed by atoms with Crippen LogP contribution in [0.2, 0.25) is 0 Å². The number of unbranched alkanes of at least 4 members (excludes halogenated alkanes) is 1. The van der Waals surface area contributed by atoms with Crippen LogP contribution in [0.4, 0.5) is 0 Å². The second-order valence-electron chi connectivity index (χ2n) is 6.47. The molecular formula is C20H25ClN2O2. The summed E-state index contributed by atoms with van der Waals surface area (Å²) in [6.45, 7) is 2.29. The Balaban J connectivity index is 0.00000225. The Hall–Kier alpha value is -1.88. The van der Waals surface area contributed by atoms with Crippen LogP contribution in [-0.4, -0.2) is 18.2 Å². The fourth-order valence-electron chi connectivity index (χ4n) is 3.30. The molecule has 0 aromatic heterocycles. The van der Waals surface area contributed by atoms with Crippen molar-refractivity contribution in [3.05, 3.63) is 59.7 Å². The third kappa shape index (κ3) is 3.87. The molecule has 0 spiro atoms. The Bertz CT molecular complexity index is 700. The van der Waals surface area contributed by atoms with Crippen LogP contribution < -0.4 is 11.5 Å². The summed E-state index contributed by atoms with van der Waals surface area (Å²) in [5.41, 5.74) is 15.2. The van der Waals surface area contributed by atoms with Gasteiger partial charge < -0.3 is 16.2 Å². The van der Waals surface area contributed by atoms with Gasteiger partial charge in [-0.2, -0.15) is 0 Å². The molecule has 0 bridgehead atoms. The second kappa shape index (κ2) is 8.00. The zero-order valence-corrected chi connectivity index (χ0v) is 15.2. The van der Waals surface area contributed by atoms with Crippen molar-refractivity contribution in [1.82, 2.24) is 0 Å². The van der Waals surface area contributed by atoms with Gasteiger partial charge in [0.05, 0.1) is 0 Å². The lowest BCUT2D eigenvalue weighted by atomic mass is 9.98. The van der Waals surface area contributed by atoms with E-state index in [0.717, 1.165) is 12.8 Å². The van der Waals surface area contributed by atoms with Gasteiger partial charge in [-0.05, 0) is 35.1 Å². The smallest absolute Gasteiger partial charge is 0.340 e. The Morgan fingerprint density at radius 2 is 1.56 bits per heavy atom. The number of fused-ring (bicyclic) bond motifs is 3. The fraction of sp³-hybridized carbons (Fsp3) is 0.350. The van der Waals surface area contributed by atoms with Gasteiger partial charge in [-0.15, -0.1) is 12.4 Å². The zero-order chi connectivity index (χ0) is 17.2. The van der Waals surface area contributed by atoms with E-state index in [0.29, 0.717) is 6.42 Å². The molecule has 1 aliphatic rings. The van der Waals surface area contributed by atoms with E-state index in [-0.39, 0.29) is 24.9 Å². The first-order chi connectivity index (χ1) is 11.5. The highest BCUT2D eigenvalue weighted by Gasteiger charge is 2.33. The highest BCUT2D eigenvalue weighted by molar-refractivity contribution is 5.85. The van der Waals surface area contributed by atoms with E-state index in [1.807, 2.05) is 31.2 Å². The molecule has 0 aliphatic heterocycles. The Labute approximate surface area is 155 Å². The lowest BCUT2D eigenvalue weighted by Gasteiger charge is -2.23. The maximum Gasteiger partial charge on any atom is 0.340 e. The summed E-state index contributed by atoms with van der Waals surface area (Å²) in [5.74, 6) is -0.499. The molecule has 0 radical (unpaired) electrons. The largest absolute Gasteiger partial charge is 0.462 e. The molecule has 4 N–H and O–H groups in total. The number of carbonyl (C=O) groups excluding carboxylic acids is 1. The number of benzene rings is 2. The molecule has 0 unspecified atom stereocenters. The van der Waals surface area contributed by atoms with E-state index < -0.39 is 11.6 Å². The molecule has 2 aromatic rings. The Kier molecular flexibility index (Phi) is 6.22. The van der Waals surface area contributed by atoms with Crippen molar-refractivity contribution in [3.63, 3.8) is 0 Å². The van der Waals surface area contributed by atoms with Crippen LogP contribution in [0.5, 0.6) is 0 Å². The van der Waals surface area contributed by atoms with E-state index in [1.165, 1.54) is 22.3 Å². The average Bonchev–Trinajstić information content (AvgIpc) is 2.92. The quantitative estimate of drug-likeness (QED) is 0.609. The van der Waals surface area contributed by atoms with Gasteiger partial charge in [-0.25, -0.2) is 4.79 Å². The predicted molar refractivity (Wildman–Crippen MR) is 103 cm³/mol. The number of rotatable bonds is 6.